The summed E-state index contributed by atoms with van der Waals surface area (Å²) in [6, 6.07) is 18.1. The molecule has 0 radical (unpaired) electrons. The summed E-state index contributed by atoms with van der Waals surface area (Å²) in [5.74, 6) is 0.991. The van der Waals surface area contributed by atoms with Crippen molar-refractivity contribution in [2.24, 2.45) is 0 Å². The lowest BCUT2D eigenvalue weighted by Crippen LogP contribution is -2.50. The Hall–Kier alpha value is -2.79. The maximum absolute atomic E-state index is 12.8. The van der Waals surface area contributed by atoms with Crippen LogP contribution < -0.4 is 4.74 Å². The topological polar surface area (TPSA) is 48.6 Å². The van der Waals surface area contributed by atoms with E-state index in [1.54, 1.807) is 0 Å². The zero-order chi connectivity index (χ0) is 19.5. The summed E-state index contributed by atoms with van der Waals surface area (Å²) in [5, 5.41) is 1.08. The number of H-pyrrole nitrogens is 1. The summed E-state index contributed by atoms with van der Waals surface area (Å²) in [6.45, 7) is 8.26. The van der Waals surface area contributed by atoms with Crippen molar-refractivity contribution in [2.45, 2.75) is 20.0 Å². The Bertz CT molecular complexity index is 907. The van der Waals surface area contributed by atoms with Gasteiger partial charge in [0.25, 0.3) is 5.91 Å². The summed E-state index contributed by atoms with van der Waals surface area (Å²) in [4.78, 5) is 20.4. The summed E-state index contributed by atoms with van der Waals surface area (Å²) in [6.07, 6.45) is 0.110. The van der Waals surface area contributed by atoms with Crippen molar-refractivity contribution in [1.82, 2.24) is 14.8 Å². The molecule has 1 saturated heterocycles. The van der Waals surface area contributed by atoms with Gasteiger partial charge in [0.05, 0.1) is 0 Å². The molecular formula is C23H27N3O2. The fourth-order valence-corrected chi connectivity index (χ4v) is 3.74. The van der Waals surface area contributed by atoms with Gasteiger partial charge in [0.15, 0.2) is 0 Å². The van der Waals surface area contributed by atoms with Crippen molar-refractivity contribution in [3.63, 3.8) is 0 Å². The molecule has 0 bridgehead atoms. The minimum atomic E-state index is 0.0832. The molecule has 1 aromatic heterocycles. The summed E-state index contributed by atoms with van der Waals surface area (Å²) in [7, 11) is 0. The van der Waals surface area contributed by atoms with Gasteiger partial charge in [-0.3, -0.25) is 9.69 Å². The number of aromatic amines is 1. The van der Waals surface area contributed by atoms with Crippen LogP contribution in [0.15, 0.2) is 54.6 Å². The molecule has 1 atom stereocenters. The number of para-hydroxylation sites is 1. The number of benzene rings is 2. The molecule has 146 valence electrons. The highest BCUT2D eigenvalue weighted by Crippen LogP contribution is 2.18. The molecule has 3 aromatic rings. The van der Waals surface area contributed by atoms with Crippen LogP contribution in [0.3, 0.4) is 0 Å². The molecule has 5 heteroatoms. The molecule has 28 heavy (non-hydrogen) atoms. The van der Waals surface area contributed by atoms with Gasteiger partial charge in [0.2, 0.25) is 0 Å². The Morgan fingerprint density at radius 1 is 1.07 bits per heavy atom. The normalized spacial score (nSPS) is 16.3. The Kier molecular flexibility index (Phi) is 5.35. The van der Waals surface area contributed by atoms with E-state index in [0.717, 1.165) is 49.4 Å². The molecule has 0 spiro atoms. The third kappa shape index (κ3) is 4.20. The van der Waals surface area contributed by atoms with Gasteiger partial charge >= 0.3 is 0 Å². The van der Waals surface area contributed by atoms with Gasteiger partial charge in [-0.25, -0.2) is 0 Å². The number of nitrogens with zero attached hydrogens (tertiary/aromatic N) is 2. The highest BCUT2D eigenvalue weighted by atomic mass is 16.5. The first-order valence-electron chi connectivity index (χ1n) is 9.91. The van der Waals surface area contributed by atoms with Gasteiger partial charge in [-0.1, -0.05) is 35.9 Å². The van der Waals surface area contributed by atoms with Crippen LogP contribution in [0, 0.1) is 6.92 Å². The van der Waals surface area contributed by atoms with Crippen molar-refractivity contribution >= 4 is 16.8 Å². The largest absolute Gasteiger partial charge is 0.489 e. The lowest BCUT2D eigenvalue weighted by atomic mass is 10.2. The fourth-order valence-electron chi connectivity index (χ4n) is 3.74. The van der Waals surface area contributed by atoms with Crippen LogP contribution in [0.4, 0.5) is 0 Å². The zero-order valence-corrected chi connectivity index (χ0v) is 16.5. The predicted octanol–water partition coefficient (Wildman–Crippen LogP) is 3.70. The Morgan fingerprint density at radius 2 is 1.79 bits per heavy atom. The number of fused-ring (bicyclic) bond motifs is 1. The predicted molar refractivity (Wildman–Crippen MR) is 112 cm³/mol. The molecule has 1 aliphatic heterocycles. The van der Waals surface area contributed by atoms with E-state index in [2.05, 4.69) is 35.9 Å². The van der Waals surface area contributed by atoms with Crippen molar-refractivity contribution in [2.75, 3.05) is 32.7 Å². The first-order chi connectivity index (χ1) is 13.6. The molecule has 1 unspecified atom stereocenters. The van der Waals surface area contributed by atoms with E-state index in [-0.39, 0.29) is 12.0 Å². The number of aryl methyl sites for hydroxylation is 1. The highest BCUT2D eigenvalue weighted by molar-refractivity contribution is 5.98. The molecule has 1 aliphatic rings. The molecule has 1 N–H and O–H groups in total. The van der Waals surface area contributed by atoms with Crippen molar-refractivity contribution in [3.8, 4) is 5.75 Å². The van der Waals surface area contributed by atoms with Crippen LogP contribution in [-0.2, 0) is 0 Å². The second-order valence-corrected chi connectivity index (χ2v) is 7.60. The molecule has 2 aromatic carbocycles. The van der Waals surface area contributed by atoms with Crippen LogP contribution >= 0.6 is 0 Å². The van der Waals surface area contributed by atoms with E-state index < -0.39 is 0 Å². The third-order valence-electron chi connectivity index (χ3n) is 5.29. The number of rotatable bonds is 5. The number of carbonyl (C=O) groups excluding carboxylic acids is 1. The van der Waals surface area contributed by atoms with Crippen molar-refractivity contribution in [3.05, 3.63) is 65.9 Å². The number of ether oxygens (including phenoxy) is 1. The van der Waals surface area contributed by atoms with E-state index in [1.165, 1.54) is 5.56 Å². The number of hydrogen-bond acceptors (Lipinski definition) is 3. The lowest BCUT2D eigenvalue weighted by molar-refractivity contribution is 0.0572. The maximum Gasteiger partial charge on any atom is 0.270 e. The quantitative estimate of drug-likeness (QED) is 0.738. The highest BCUT2D eigenvalue weighted by Gasteiger charge is 2.24. The minimum Gasteiger partial charge on any atom is -0.489 e. The number of nitrogens with one attached hydrogen (secondary N) is 1. The van der Waals surface area contributed by atoms with E-state index in [1.807, 2.05) is 47.4 Å². The number of carbonyl (C=O) groups is 1. The Balaban J connectivity index is 1.29. The fraction of sp³-hybridized carbons (Fsp3) is 0.348. The molecule has 0 aliphatic carbocycles. The first-order valence-corrected chi connectivity index (χ1v) is 9.91. The van der Waals surface area contributed by atoms with E-state index >= 15 is 0 Å². The summed E-state index contributed by atoms with van der Waals surface area (Å²) >= 11 is 0. The summed E-state index contributed by atoms with van der Waals surface area (Å²) < 4.78 is 6.02. The minimum absolute atomic E-state index is 0.0832. The van der Waals surface area contributed by atoms with Gasteiger partial charge in [0, 0.05) is 43.6 Å². The van der Waals surface area contributed by atoms with Crippen LogP contribution in [-0.4, -0.2) is 59.5 Å². The number of hydrogen-bond donors (Lipinski definition) is 1. The van der Waals surface area contributed by atoms with Crippen molar-refractivity contribution < 1.29 is 9.53 Å². The maximum atomic E-state index is 12.8. The number of amides is 1. The Morgan fingerprint density at radius 3 is 2.50 bits per heavy atom. The molecule has 0 saturated carbocycles. The van der Waals surface area contributed by atoms with Crippen LogP contribution in [0.25, 0.3) is 10.9 Å². The smallest absolute Gasteiger partial charge is 0.270 e. The van der Waals surface area contributed by atoms with Crippen LogP contribution in [0.1, 0.15) is 23.0 Å². The van der Waals surface area contributed by atoms with Crippen molar-refractivity contribution in [1.29, 1.82) is 0 Å². The van der Waals surface area contributed by atoms with E-state index in [4.69, 9.17) is 4.74 Å². The second-order valence-electron chi connectivity index (χ2n) is 7.60. The SMILES string of the molecule is Cc1ccc(OC(C)CN2CCN(C(=O)c3cc4ccccc4[nH]3)CC2)cc1. The molecular weight excluding hydrogens is 350 g/mol. The summed E-state index contributed by atoms with van der Waals surface area (Å²) in [5.41, 5.74) is 2.91. The first kappa shape index (κ1) is 18.6. The Labute approximate surface area is 165 Å². The molecule has 4 rings (SSSR count). The van der Waals surface area contributed by atoms with Gasteiger partial charge in [-0.05, 0) is 38.1 Å². The van der Waals surface area contributed by atoms with E-state index in [0.29, 0.717) is 5.69 Å². The monoisotopic (exact) mass is 377 g/mol. The average molecular weight is 377 g/mol. The average Bonchev–Trinajstić information content (AvgIpc) is 3.14. The van der Waals surface area contributed by atoms with Gasteiger partial charge in [-0.2, -0.15) is 0 Å². The molecule has 5 nitrogen and oxygen atoms in total. The van der Waals surface area contributed by atoms with Gasteiger partial charge in [-0.15, -0.1) is 0 Å². The second kappa shape index (κ2) is 8.07. The third-order valence-corrected chi connectivity index (χ3v) is 5.29. The molecule has 1 fully saturated rings. The lowest BCUT2D eigenvalue weighted by Gasteiger charge is -2.35. The van der Waals surface area contributed by atoms with E-state index in [9.17, 15) is 4.79 Å². The number of aromatic nitrogens is 1. The zero-order valence-electron chi connectivity index (χ0n) is 16.5. The number of piperazine rings is 1. The molecule has 2 heterocycles. The molecule has 1 amide bonds. The van der Waals surface area contributed by atoms with Crippen LogP contribution in [0.2, 0.25) is 0 Å². The standard InChI is InChI=1S/C23H27N3O2/c1-17-7-9-20(10-8-17)28-18(2)16-25-11-13-26(14-12-25)23(27)22-15-19-5-3-4-6-21(19)24-22/h3-10,15,18,24H,11-14,16H2,1-2H3. The van der Waals surface area contributed by atoms with Gasteiger partial charge < -0.3 is 14.6 Å². The van der Waals surface area contributed by atoms with Gasteiger partial charge in [0.1, 0.15) is 17.5 Å². The van der Waals surface area contributed by atoms with Crippen LogP contribution in [0.5, 0.6) is 5.75 Å².